The molecule has 0 aliphatic carbocycles. The molecule has 0 saturated heterocycles. The number of rotatable bonds is 6. The molecule has 0 spiro atoms. The van der Waals surface area contributed by atoms with Crippen molar-refractivity contribution in [2.24, 2.45) is 0 Å². The molecule has 0 bridgehead atoms. The van der Waals surface area contributed by atoms with E-state index in [1.807, 2.05) is 37.3 Å². The summed E-state index contributed by atoms with van der Waals surface area (Å²) in [4.78, 5) is 14.3. The second-order valence-corrected chi connectivity index (χ2v) is 7.22. The van der Waals surface area contributed by atoms with Crippen molar-refractivity contribution in [3.05, 3.63) is 51.7 Å². The minimum Gasteiger partial charge on any atom is -0.355 e. The van der Waals surface area contributed by atoms with Crippen LogP contribution < -0.4 is 5.32 Å². The monoisotopic (exact) mass is 325 g/mol. The van der Waals surface area contributed by atoms with Gasteiger partial charge >= 0.3 is 0 Å². The summed E-state index contributed by atoms with van der Waals surface area (Å²) in [6.45, 7) is 2.60. The Morgan fingerprint density at radius 3 is 2.75 bits per heavy atom. The molecule has 5 heteroatoms. The molecule has 1 aromatic heterocycles. The lowest BCUT2D eigenvalue weighted by atomic mass is 10.3. The molecular formula is C15H16ClNOS2. The van der Waals surface area contributed by atoms with Gasteiger partial charge in [-0.1, -0.05) is 17.7 Å². The maximum Gasteiger partial charge on any atom is 0.233 e. The molecule has 20 heavy (non-hydrogen) atoms. The summed E-state index contributed by atoms with van der Waals surface area (Å²) in [7, 11) is 0. The maximum absolute atomic E-state index is 12.0. The summed E-state index contributed by atoms with van der Waals surface area (Å²) in [6, 6.07) is 11.7. The van der Waals surface area contributed by atoms with Crippen molar-refractivity contribution >= 4 is 40.6 Å². The van der Waals surface area contributed by atoms with Gasteiger partial charge in [0.1, 0.15) is 0 Å². The Morgan fingerprint density at radius 1 is 1.35 bits per heavy atom. The molecule has 1 aromatic carbocycles. The minimum atomic E-state index is -0.112. The number of halogens is 1. The van der Waals surface area contributed by atoms with Crippen LogP contribution in [0.1, 0.15) is 11.8 Å². The van der Waals surface area contributed by atoms with E-state index in [2.05, 4.69) is 16.8 Å². The average molecular weight is 326 g/mol. The Balaban J connectivity index is 1.75. The van der Waals surface area contributed by atoms with Crippen LogP contribution in [0.5, 0.6) is 0 Å². The second kappa shape index (κ2) is 7.72. The Morgan fingerprint density at radius 2 is 2.10 bits per heavy atom. The van der Waals surface area contributed by atoms with E-state index < -0.39 is 0 Å². The Labute approximate surface area is 132 Å². The zero-order chi connectivity index (χ0) is 14.4. The van der Waals surface area contributed by atoms with Crippen molar-refractivity contribution in [3.8, 4) is 0 Å². The summed E-state index contributed by atoms with van der Waals surface area (Å²) >= 11 is 9.10. The van der Waals surface area contributed by atoms with E-state index in [4.69, 9.17) is 11.6 Å². The standard InChI is InChI=1S/C15H16ClNOS2/c1-11(20-14-6-4-12(16)5-7-14)15(18)17-9-8-13-3-2-10-19-13/h2-7,10-11H,8-9H2,1H3,(H,17,18). The SMILES string of the molecule is CC(Sc1ccc(Cl)cc1)C(=O)NCCc1cccs1. The number of amides is 1. The van der Waals surface area contributed by atoms with E-state index >= 15 is 0 Å². The quantitative estimate of drug-likeness (QED) is 0.805. The fourth-order valence-electron chi connectivity index (χ4n) is 1.68. The number of benzene rings is 1. The van der Waals surface area contributed by atoms with Crippen LogP contribution in [0.25, 0.3) is 0 Å². The summed E-state index contributed by atoms with van der Waals surface area (Å²) in [5.74, 6) is 0.0708. The van der Waals surface area contributed by atoms with Crippen LogP contribution in [-0.4, -0.2) is 17.7 Å². The lowest BCUT2D eigenvalue weighted by Gasteiger charge is -2.11. The molecule has 1 amide bonds. The van der Waals surface area contributed by atoms with Gasteiger partial charge in [-0.05, 0) is 49.1 Å². The molecule has 1 N–H and O–H groups in total. The van der Waals surface area contributed by atoms with Crippen LogP contribution in [0.4, 0.5) is 0 Å². The average Bonchev–Trinajstić information content (AvgIpc) is 2.94. The molecule has 0 radical (unpaired) electrons. The number of carbonyl (C=O) groups is 1. The van der Waals surface area contributed by atoms with Crippen molar-refractivity contribution in [1.82, 2.24) is 5.32 Å². The molecule has 0 aliphatic heterocycles. The third-order valence-electron chi connectivity index (χ3n) is 2.75. The van der Waals surface area contributed by atoms with Gasteiger partial charge in [-0.15, -0.1) is 23.1 Å². The second-order valence-electron chi connectivity index (χ2n) is 4.33. The molecule has 1 heterocycles. The van der Waals surface area contributed by atoms with Gasteiger partial charge in [-0.2, -0.15) is 0 Å². The predicted molar refractivity (Wildman–Crippen MR) is 87.8 cm³/mol. The maximum atomic E-state index is 12.0. The highest BCUT2D eigenvalue weighted by atomic mass is 35.5. The lowest BCUT2D eigenvalue weighted by Crippen LogP contribution is -2.32. The highest BCUT2D eigenvalue weighted by Gasteiger charge is 2.13. The molecular weight excluding hydrogens is 310 g/mol. The fourth-order valence-corrected chi connectivity index (χ4v) is 3.41. The highest BCUT2D eigenvalue weighted by Crippen LogP contribution is 2.24. The van der Waals surface area contributed by atoms with Crippen molar-refractivity contribution < 1.29 is 4.79 Å². The molecule has 1 atom stereocenters. The van der Waals surface area contributed by atoms with E-state index in [1.54, 1.807) is 23.1 Å². The number of nitrogens with one attached hydrogen (secondary N) is 1. The molecule has 2 rings (SSSR count). The van der Waals surface area contributed by atoms with Gasteiger partial charge < -0.3 is 5.32 Å². The van der Waals surface area contributed by atoms with E-state index in [9.17, 15) is 4.79 Å². The number of hydrogen-bond acceptors (Lipinski definition) is 3. The first kappa shape index (κ1) is 15.4. The minimum absolute atomic E-state index is 0.0708. The van der Waals surface area contributed by atoms with Gasteiger partial charge in [0, 0.05) is 21.3 Å². The van der Waals surface area contributed by atoms with Crippen LogP contribution in [0.3, 0.4) is 0 Å². The van der Waals surface area contributed by atoms with Crippen molar-refractivity contribution in [3.63, 3.8) is 0 Å². The third kappa shape index (κ3) is 4.85. The number of hydrogen-bond donors (Lipinski definition) is 1. The molecule has 0 saturated carbocycles. The molecule has 1 unspecified atom stereocenters. The predicted octanol–water partition coefficient (Wildman–Crippen LogP) is 4.24. The Hall–Kier alpha value is -0.970. The van der Waals surface area contributed by atoms with Crippen LogP contribution >= 0.6 is 34.7 Å². The van der Waals surface area contributed by atoms with E-state index in [0.717, 1.165) is 11.3 Å². The number of carbonyl (C=O) groups excluding carboxylic acids is 1. The van der Waals surface area contributed by atoms with Gasteiger partial charge in [0.15, 0.2) is 0 Å². The first-order valence-corrected chi connectivity index (χ1v) is 8.51. The van der Waals surface area contributed by atoms with E-state index in [-0.39, 0.29) is 11.2 Å². The van der Waals surface area contributed by atoms with Crippen molar-refractivity contribution in [2.45, 2.75) is 23.5 Å². The molecule has 106 valence electrons. The topological polar surface area (TPSA) is 29.1 Å². The van der Waals surface area contributed by atoms with Crippen molar-refractivity contribution in [1.29, 1.82) is 0 Å². The summed E-state index contributed by atoms with van der Waals surface area (Å²) < 4.78 is 0. The van der Waals surface area contributed by atoms with Crippen LogP contribution in [-0.2, 0) is 11.2 Å². The molecule has 0 aliphatic rings. The van der Waals surface area contributed by atoms with Gasteiger partial charge in [0.05, 0.1) is 5.25 Å². The van der Waals surface area contributed by atoms with Gasteiger partial charge in [0.25, 0.3) is 0 Å². The summed E-state index contributed by atoms with van der Waals surface area (Å²) in [6.07, 6.45) is 0.891. The van der Waals surface area contributed by atoms with Gasteiger partial charge in [-0.25, -0.2) is 0 Å². The zero-order valence-electron chi connectivity index (χ0n) is 11.1. The Bertz CT molecular complexity index is 540. The number of thioether (sulfide) groups is 1. The molecule has 2 nitrogen and oxygen atoms in total. The van der Waals surface area contributed by atoms with Gasteiger partial charge in [-0.3, -0.25) is 4.79 Å². The van der Waals surface area contributed by atoms with Crippen LogP contribution in [0.2, 0.25) is 5.02 Å². The lowest BCUT2D eigenvalue weighted by molar-refractivity contribution is -0.120. The fraction of sp³-hybridized carbons (Fsp3) is 0.267. The smallest absolute Gasteiger partial charge is 0.233 e. The molecule has 0 fully saturated rings. The zero-order valence-corrected chi connectivity index (χ0v) is 13.5. The van der Waals surface area contributed by atoms with Crippen LogP contribution in [0.15, 0.2) is 46.7 Å². The highest BCUT2D eigenvalue weighted by molar-refractivity contribution is 8.00. The van der Waals surface area contributed by atoms with Gasteiger partial charge in [0.2, 0.25) is 5.91 Å². The van der Waals surface area contributed by atoms with Crippen LogP contribution in [0, 0.1) is 0 Å². The summed E-state index contributed by atoms with van der Waals surface area (Å²) in [5.41, 5.74) is 0. The van der Waals surface area contributed by atoms with Crippen molar-refractivity contribution in [2.75, 3.05) is 6.54 Å². The largest absolute Gasteiger partial charge is 0.355 e. The van der Waals surface area contributed by atoms with E-state index in [1.165, 1.54) is 4.88 Å². The first-order chi connectivity index (χ1) is 9.65. The normalized spacial score (nSPS) is 12.1. The first-order valence-electron chi connectivity index (χ1n) is 6.37. The summed E-state index contributed by atoms with van der Waals surface area (Å²) in [5, 5.41) is 5.62. The van der Waals surface area contributed by atoms with E-state index in [0.29, 0.717) is 11.6 Å². The Kier molecular flexibility index (Phi) is 5.95. The number of thiophene rings is 1. The third-order valence-corrected chi connectivity index (χ3v) is 5.05. The molecule has 2 aromatic rings.